The second kappa shape index (κ2) is 6.91. The summed E-state index contributed by atoms with van der Waals surface area (Å²) in [5.41, 5.74) is 0. The summed E-state index contributed by atoms with van der Waals surface area (Å²) in [4.78, 5) is 0. The van der Waals surface area contributed by atoms with Gasteiger partial charge in [-0.2, -0.15) is 5.26 Å². The smallest absolute Gasteiger partial charge is 0.0621 e. The molecule has 1 aliphatic rings. The maximum Gasteiger partial charge on any atom is 0.0621 e. The summed E-state index contributed by atoms with van der Waals surface area (Å²) >= 11 is 0. The summed E-state index contributed by atoms with van der Waals surface area (Å²) in [6.45, 7) is 1.15. The van der Waals surface area contributed by atoms with E-state index in [0.717, 1.165) is 25.4 Å². The van der Waals surface area contributed by atoms with Crippen LogP contribution < -0.4 is 5.32 Å². The molecule has 0 atom stereocenters. The number of nitrogens with one attached hydrogen (secondary N) is 1. The van der Waals surface area contributed by atoms with E-state index < -0.39 is 0 Å². The van der Waals surface area contributed by atoms with E-state index in [9.17, 15) is 0 Å². The highest BCUT2D eigenvalue weighted by Crippen LogP contribution is 2.17. The minimum Gasteiger partial charge on any atom is -0.314 e. The Labute approximate surface area is 81.3 Å². The Kier molecular flexibility index (Phi) is 5.60. The van der Waals surface area contributed by atoms with E-state index in [-0.39, 0.29) is 0 Å². The second-order valence-corrected chi connectivity index (χ2v) is 3.90. The zero-order valence-corrected chi connectivity index (χ0v) is 8.39. The van der Waals surface area contributed by atoms with Gasteiger partial charge >= 0.3 is 0 Å². The molecule has 0 bridgehead atoms. The maximum absolute atomic E-state index is 8.33. The minimum atomic E-state index is 0.726. The third kappa shape index (κ3) is 4.90. The highest BCUT2D eigenvalue weighted by molar-refractivity contribution is 4.73. The van der Waals surface area contributed by atoms with Crippen molar-refractivity contribution in [3.8, 4) is 6.07 Å². The fourth-order valence-electron chi connectivity index (χ4n) is 1.94. The lowest BCUT2D eigenvalue weighted by molar-refractivity contribution is 0.504. The molecule has 0 aromatic heterocycles. The fourth-order valence-corrected chi connectivity index (χ4v) is 1.94. The molecule has 1 fully saturated rings. The van der Waals surface area contributed by atoms with E-state index in [1.807, 2.05) is 0 Å². The molecule has 2 heteroatoms. The van der Waals surface area contributed by atoms with Crippen LogP contribution in [0.5, 0.6) is 0 Å². The van der Waals surface area contributed by atoms with E-state index in [1.54, 1.807) is 0 Å². The number of nitrogens with zero attached hydrogens (tertiary/aromatic N) is 1. The van der Waals surface area contributed by atoms with Crippen LogP contribution in [-0.2, 0) is 0 Å². The third-order valence-electron chi connectivity index (χ3n) is 2.75. The predicted molar refractivity (Wildman–Crippen MR) is 54.3 cm³/mol. The first-order chi connectivity index (χ1) is 6.43. The van der Waals surface area contributed by atoms with Crippen LogP contribution in [-0.4, -0.2) is 12.6 Å². The van der Waals surface area contributed by atoms with E-state index in [4.69, 9.17) is 5.26 Å². The van der Waals surface area contributed by atoms with Crippen molar-refractivity contribution in [1.29, 1.82) is 5.26 Å². The molecule has 1 N–H and O–H groups in total. The van der Waals surface area contributed by atoms with E-state index in [0.29, 0.717) is 0 Å². The molecule has 0 unspecified atom stereocenters. The molecule has 0 aliphatic heterocycles. The van der Waals surface area contributed by atoms with Gasteiger partial charge < -0.3 is 5.32 Å². The minimum absolute atomic E-state index is 0.726. The lowest BCUT2D eigenvalue weighted by atomic mass is 10.2. The van der Waals surface area contributed by atoms with Crippen LogP contribution in [0.1, 0.15) is 51.4 Å². The molecule has 0 spiro atoms. The largest absolute Gasteiger partial charge is 0.314 e. The normalized spacial score (nSPS) is 17.5. The number of hydrogen-bond acceptors (Lipinski definition) is 2. The quantitative estimate of drug-likeness (QED) is 0.638. The first-order valence-corrected chi connectivity index (χ1v) is 5.54. The average molecular weight is 180 g/mol. The number of unbranched alkanes of at least 4 members (excludes halogenated alkanes) is 3. The molecular formula is C11H20N2. The molecule has 1 saturated carbocycles. The van der Waals surface area contributed by atoms with Gasteiger partial charge in [0.15, 0.2) is 0 Å². The third-order valence-corrected chi connectivity index (χ3v) is 2.75. The monoisotopic (exact) mass is 180 g/mol. The summed E-state index contributed by atoms with van der Waals surface area (Å²) in [6, 6.07) is 2.98. The summed E-state index contributed by atoms with van der Waals surface area (Å²) < 4.78 is 0. The molecule has 1 rings (SSSR count). The molecule has 0 aromatic carbocycles. The molecule has 13 heavy (non-hydrogen) atoms. The molecule has 0 aromatic rings. The molecule has 1 aliphatic carbocycles. The van der Waals surface area contributed by atoms with Crippen molar-refractivity contribution in [2.45, 2.75) is 57.4 Å². The highest BCUT2D eigenvalue weighted by Gasteiger charge is 2.12. The topological polar surface area (TPSA) is 35.8 Å². The van der Waals surface area contributed by atoms with Crippen LogP contribution in [0, 0.1) is 11.3 Å². The van der Waals surface area contributed by atoms with Crippen LogP contribution in [0.25, 0.3) is 0 Å². The lowest BCUT2D eigenvalue weighted by Gasteiger charge is -2.10. The van der Waals surface area contributed by atoms with Crippen molar-refractivity contribution in [3.63, 3.8) is 0 Å². The SMILES string of the molecule is N#CCCCCCNC1CCCC1. The number of nitriles is 1. The first kappa shape index (κ1) is 10.5. The zero-order chi connectivity index (χ0) is 9.36. The van der Waals surface area contributed by atoms with Crippen molar-refractivity contribution >= 4 is 0 Å². The standard InChI is InChI=1S/C11H20N2/c12-9-5-1-2-6-10-13-11-7-3-4-8-11/h11,13H,1-8,10H2. The van der Waals surface area contributed by atoms with E-state index in [1.165, 1.54) is 38.5 Å². The number of rotatable bonds is 6. The molecule has 0 amide bonds. The van der Waals surface area contributed by atoms with E-state index >= 15 is 0 Å². The average Bonchev–Trinajstić information content (AvgIpc) is 2.63. The molecular weight excluding hydrogens is 160 g/mol. The Hall–Kier alpha value is -0.550. The first-order valence-electron chi connectivity index (χ1n) is 5.54. The Morgan fingerprint density at radius 2 is 1.92 bits per heavy atom. The molecule has 0 saturated heterocycles. The Morgan fingerprint density at radius 3 is 2.62 bits per heavy atom. The van der Waals surface area contributed by atoms with Gasteiger partial charge in [-0.3, -0.25) is 0 Å². The van der Waals surface area contributed by atoms with Crippen molar-refractivity contribution in [1.82, 2.24) is 5.32 Å². The van der Waals surface area contributed by atoms with E-state index in [2.05, 4.69) is 11.4 Å². The summed E-state index contributed by atoms with van der Waals surface area (Å²) in [6.07, 6.45) is 9.80. The van der Waals surface area contributed by atoms with Crippen LogP contribution in [0.2, 0.25) is 0 Å². The van der Waals surface area contributed by atoms with Crippen molar-refractivity contribution < 1.29 is 0 Å². The Bertz CT molecular complexity index is 154. The van der Waals surface area contributed by atoms with Gasteiger partial charge in [-0.1, -0.05) is 19.3 Å². The van der Waals surface area contributed by atoms with Gasteiger partial charge in [0.2, 0.25) is 0 Å². The van der Waals surface area contributed by atoms with Crippen molar-refractivity contribution in [3.05, 3.63) is 0 Å². The van der Waals surface area contributed by atoms with Gasteiger partial charge in [-0.15, -0.1) is 0 Å². The van der Waals surface area contributed by atoms with Gasteiger partial charge in [0.1, 0.15) is 0 Å². The molecule has 74 valence electrons. The van der Waals surface area contributed by atoms with Crippen molar-refractivity contribution in [2.75, 3.05) is 6.54 Å². The molecule has 2 nitrogen and oxygen atoms in total. The van der Waals surface area contributed by atoms with Gasteiger partial charge in [0.25, 0.3) is 0 Å². The van der Waals surface area contributed by atoms with Gasteiger partial charge in [0, 0.05) is 12.5 Å². The van der Waals surface area contributed by atoms with Crippen LogP contribution >= 0.6 is 0 Å². The Morgan fingerprint density at radius 1 is 1.15 bits per heavy atom. The second-order valence-electron chi connectivity index (χ2n) is 3.90. The summed E-state index contributed by atoms with van der Waals surface area (Å²) in [5, 5.41) is 11.9. The van der Waals surface area contributed by atoms with Crippen LogP contribution in [0.4, 0.5) is 0 Å². The fraction of sp³-hybridized carbons (Fsp3) is 0.909. The van der Waals surface area contributed by atoms with Crippen LogP contribution in [0.15, 0.2) is 0 Å². The molecule has 0 radical (unpaired) electrons. The highest BCUT2D eigenvalue weighted by atomic mass is 14.9. The van der Waals surface area contributed by atoms with Gasteiger partial charge in [0.05, 0.1) is 6.07 Å². The van der Waals surface area contributed by atoms with Crippen LogP contribution in [0.3, 0.4) is 0 Å². The van der Waals surface area contributed by atoms with Crippen molar-refractivity contribution in [2.24, 2.45) is 0 Å². The van der Waals surface area contributed by atoms with Gasteiger partial charge in [-0.25, -0.2) is 0 Å². The van der Waals surface area contributed by atoms with Gasteiger partial charge in [-0.05, 0) is 32.2 Å². The zero-order valence-electron chi connectivity index (χ0n) is 8.39. The summed E-state index contributed by atoms with van der Waals surface area (Å²) in [5.74, 6) is 0. The maximum atomic E-state index is 8.33. The summed E-state index contributed by atoms with van der Waals surface area (Å²) in [7, 11) is 0. The predicted octanol–water partition coefficient (Wildman–Crippen LogP) is 2.60. The molecule has 0 heterocycles. The number of hydrogen-bond donors (Lipinski definition) is 1. The Balaban J connectivity index is 1.81. The lowest BCUT2D eigenvalue weighted by Crippen LogP contribution is -2.26.